The summed E-state index contributed by atoms with van der Waals surface area (Å²) in [6, 6.07) is 31.4. The van der Waals surface area contributed by atoms with Crippen LogP contribution in [0.25, 0.3) is 50.1 Å². The van der Waals surface area contributed by atoms with Crippen molar-refractivity contribution in [2.75, 3.05) is 7.05 Å². The summed E-state index contributed by atoms with van der Waals surface area (Å²) in [6.07, 6.45) is 20.8. The van der Waals surface area contributed by atoms with Crippen molar-refractivity contribution < 1.29 is 0 Å². The Labute approximate surface area is 270 Å². The third-order valence-electron chi connectivity index (χ3n) is 11.4. The first-order chi connectivity index (χ1) is 22.6. The van der Waals surface area contributed by atoms with E-state index in [1.807, 2.05) is 0 Å². The third-order valence-corrected chi connectivity index (χ3v) is 11.4. The van der Waals surface area contributed by atoms with Gasteiger partial charge in [0.2, 0.25) is 0 Å². The van der Waals surface area contributed by atoms with E-state index < -0.39 is 0 Å². The highest BCUT2D eigenvalue weighted by Crippen LogP contribution is 2.61. The van der Waals surface area contributed by atoms with Gasteiger partial charge in [0, 0.05) is 46.5 Å². The monoisotopic (exact) mass is 590 g/mol. The first kappa shape index (κ1) is 25.9. The fraction of sp³-hybridized carbons (Fsp3) is 0.136. The molecule has 2 heteroatoms. The molecule has 5 aromatic rings. The molecule has 0 amide bonds. The number of nitrogens with zero attached hydrogens (tertiary/aromatic N) is 2. The summed E-state index contributed by atoms with van der Waals surface area (Å²) in [5, 5.41) is 3.94. The van der Waals surface area contributed by atoms with Gasteiger partial charge >= 0.3 is 0 Å². The van der Waals surface area contributed by atoms with E-state index in [4.69, 9.17) is 6.58 Å². The van der Waals surface area contributed by atoms with Gasteiger partial charge in [-0.2, -0.15) is 0 Å². The number of fused-ring (bicyclic) bond motifs is 6. The van der Waals surface area contributed by atoms with E-state index in [-0.39, 0.29) is 23.4 Å². The number of allylic oxidation sites excluding steroid dienone is 10. The van der Waals surface area contributed by atoms with E-state index in [1.165, 1.54) is 77.6 Å². The van der Waals surface area contributed by atoms with Crippen molar-refractivity contribution in [3.8, 4) is 11.1 Å². The minimum absolute atomic E-state index is 0.0870. The molecule has 10 rings (SSSR count). The Morgan fingerprint density at radius 1 is 0.761 bits per heavy atom. The second-order valence-electron chi connectivity index (χ2n) is 13.5. The van der Waals surface area contributed by atoms with E-state index >= 15 is 0 Å². The second kappa shape index (κ2) is 9.11. The van der Waals surface area contributed by atoms with Crippen LogP contribution in [-0.2, 0) is 5.41 Å². The Kier molecular flexibility index (Phi) is 5.14. The van der Waals surface area contributed by atoms with Crippen LogP contribution in [0, 0.1) is 11.8 Å². The fourth-order valence-corrected chi connectivity index (χ4v) is 9.38. The Balaban J connectivity index is 1.38. The highest BCUT2D eigenvalue weighted by molar-refractivity contribution is 6.18. The van der Waals surface area contributed by atoms with Crippen LogP contribution in [0.3, 0.4) is 0 Å². The molecule has 4 unspecified atom stereocenters. The molecule has 5 aliphatic rings. The lowest BCUT2D eigenvalue weighted by molar-refractivity contribution is 0.284. The van der Waals surface area contributed by atoms with Gasteiger partial charge in [0.05, 0.1) is 5.52 Å². The molecule has 46 heavy (non-hydrogen) atoms. The zero-order valence-corrected chi connectivity index (χ0v) is 26.1. The topological polar surface area (TPSA) is 8.17 Å². The molecule has 4 aliphatic carbocycles. The maximum Gasteiger partial charge on any atom is 0.129 e. The van der Waals surface area contributed by atoms with Crippen molar-refractivity contribution in [2.24, 2.45) is 11.8 Å². The van der Waals surface area contributed by atoms with Crippen LogP contribution in [0.1, 0.15) is 35.5 Å². The van der Waals surface area contributed by atoms with Crippen molar-refractivity contribution in [1.82, 2.24) is 9.47 Å². The zero-order valence-electron chi connectivity index (χ0n) is 26.1. The molecule has 4 atom stereocenters. The highest BCUT2D eigenvalue weighted by Gasteiger charge is 2.49. The molecule has 0 saturated carbocycles. The van der Waals surface area contributed by atoms with Crippen LogP contribution in [-0.4, -0.2) is 16.5 Å². The minimum Gasteiger partial charge on any atom is -0.350 e. The summed E-state index contributed by atoms with van der Waals surface area (Å²) in [5.74, 6) is 0.399. The first-order valence-corrected chi connectivity index (χ1v) is 16.4. The minimum atomic E-state index is -0.211. The molecular formula is C44H34N2. The lowest BCUT2D eigenvalue weighted by atomic mass is 9.61. The van der Waals surface area contributed by atoms with Crippen LogP contribution < -0.4 is 0 Å². The van der Waals surface area contributed by atoms with E-state index in [0.717, 1.165) is 0 Å². The molecule has 0 spiro atoms. The third kappa shape index (κ3) is 3.12. The van der Waals surface area contributed by atoms with E-state index in [9.17, 15) is 0 Å². The molecule has 1 aliphatic heterocycles. The summed E-state index contributed by atoms with van der Waals surface area (Å²) in [5.41, 5.74) is 14.2. The van der Waals surface area contributed by atoms with Gasteiger partial charge in [-0.05, 0) is 62.1 Å². The average molecular weight is 591 g/mol. The lowest BCUT2D eigenvalue weighted by Crippen LogP contribution is -2.39. The summed E-state index contributed by atoms with van der Waals surface area (Å²) in [6.45, 7) is 7.40. The van der Waals surface area contributed by atoms with Gasteiger partial charge in [0.1, 0.15) is 6.17 Å². The molecular weight excluding hydrogens is 556 g/mol. The maximum atomic E-state index is 4.91. The number of rotatable bonds is 2. The smallest absolute Gasteiger partial charge is 0.129 e. The second-order valence-corrected chi connectivity index (χ2v) is 13.5. The van der Waals surface area contributed by atoms with Gasteiger partial charge in [0.25, 0.3) is 0 Å². The maximum absolute atomic E-state index is 4.91. The van der Waals surface area contributed by atoms with E-state index in [2.05, 4.69) is 163 Å². The predicted octanol–water partition coefficient (Wildman–Crippen LogP) is 10.5. The Morgan fingerprint density at radius 2 is 1.54 bits per heavy atom. The fourth-order valence-electron chi connectivity index (χ4n) is 9.38. The molecule has 2 nitrogen and oxygen atoms in total. The van der Waals surface area contributed by atoms with Gasteiger partial charge in [0.15, 0.2) is 0 Å². The van der Waals surface area contributed by atoms with E-state index in [0.29, 0.717) is 0 Å². The summed E-state index contributed by atoms with van der Waals surface area (Å²) in [7, 11) is 2.27. The van der Waals surface area contributed by atoms with Crippen molar-refractivity contribution in [3.05, 3.63) is 174 Å². The predicted molar refractivity (Wildman–Crippen MR) is 193 cm³/mol. The number of hydrogen-bond donors (Lipinski definition) is 0. The summed E-state index contributed by atoms with van der Waals surface area (Å²) < 4.78 is 2.66. The number of likely N-dealkylation sites (N-methyl/N-ethyl adjacent to an activating group) is 1. The molecule has 0 N–H and O–H groups in total. The Hall–Kier alpha value is -5.34. The quantitative estimate of drug-likeness (QED) is 0.186. The Morgan fingerprint density at radius 3 is 2.41 bits per heavy atom. The normalized spacial score (nSPS) is 25.2. The van der Waals surface area contributed by atoms with Crippen molar-refractivity contribution in [3.63, 3.8) is 0 Å². The molecule has 220 valence electrons. The van der Waals surface area contributed by atoms with Crippen molar-refractivity contribution >= 4 is 39.0 Å². The van der Waals surface area contributed by atoms with Crippen LogP contribution >= 0.6 is 0 Å². The number of benzene rings is 4. The van der Waals surface area contributed by atoms with Gasteiger partial charge in [-0.15, -0.1) is 0 Å². The molecule has 0 fully saturated rings. The average Bonchev–Trinajstić information content (AvgIpc) is 3.40. The molecule has 2 heterocycles. The highest BCUT2D eigenvalue weighted by atomic mass is 15.3. The van der Waals surface area contributed by atoms with Gasteiger partial charge < -0.3 is 9.47 Å². The SMILES string of the molecule is C=C1C2C=CC=CC2=C(c2ccccc2)N(C)C1n1c2c3c4c(cc5ccccc5c41)-c1ccccc1C1=CC=CC(C=C2)C13C. The first-order valence-electron chi connectivity index (χ1n) is 16.4. The summed E-state index contributed by atoms with van der Waals surface area (Å²) >= 11 is 0. The molecule has 1 aromatic heterocycles. The molecule has 4 aromatic carbocycles. The van der Waals surface area contributed by atoms with Gasteiger partial charge in [-0.3, -0.25) is 0 Å². The zero-order chi connectivity index (χ0) is 30.7. The number of aromatic nitrogens is 1. The van der Waals surface area contributed by atoms with Gasteiger partial charge in [-0.1, -0.05) is 141 Å². The van der Waals surface area contributed by atoms with Crippen LogP contribution in [0.15, 0.2) is 151 Å². The van der Waals surface area contributed by atoms with Gasteiger partial charge in [-0.25, -0.2) is 0 Å². The van der Waals surface area contributed by atoms with Crippen LogP contribution in [0.4, 0.5) is 0 Å². The summed E-state index contributed by atoms with van der Waals surface area (Å²) in [4.78, 5) is 2.49. The van der Waals surface area contributed by atoms with Crippen LogP contribution in [0.5, 0.6) is 0 Å². The molecule has 0 saturated heterocycles. The standard InChI is InChI=1S/C44H34N2/c1-27-31-18-9-12-22-35(31)41(28-14-5-4-6-15-28)45(3)43(27)46-38-25-24-30-17-13-23-37-34-21-11-10-20-33(34)36-26-29-16-7-8-19-32(29)42(46)39(36)40(38)44(30,37)2/h4-26,30-31,43H,1H2,2-3H3. The number of hydrogen-bond acceptors (Lipinski definition) is 1. The Bertz CT molecular complexity index is 2370. The largest absolute Gasteiger partial charge is 0.350 e. The van der Waals surface area contributed by atoms with E-state index in [1.54, 1.807) is 0 Å². The molecule has 0 radical (unpaired) electrons. The van der Waals surface area contributed by atoms with Crippen molar-refractivity contribution in [2.45, 2.75) is 18.5 Å². The molecule has 0 bridgehead atoms. The lowest BCUT2D eigenvalue weighted by Gasteiger charge is -2.45. The van der Waals surface area contributed by atoms with Crippen molar-refractivity contribution in [1.29, 1.82) is 0 Å². The van der Waals surface area contributed by atoms with Crippen LogP contribution in [0.2, 0.25) is 0 Å².